The number of para-hydroxylation sites is 1. The molecule has 0 spiro atoms. The molecular weight excluding hydrogens is 829 g/mol. The zero-order chi connectivity index (χ0) is 43.3. The molecule has 4 heterocycles. The van der Waals surface area contributed by atoms with Gasteiger partial charge in [-0.2, -0.15) is 19.0 Å². The van der Waals surface area contributed by atoms with E-state index in [0.717, 1.165) is 29.6 Å². The Morgan fingerprint density at radius 3 is 2.43 bits per heavy atom. The molecule has 9 rings (SSSR count). The first kappa shape index (κ1) is 40.8. The molecule has 61 heavy (non-hydrogen) atoms. The summed E-state index contributed by atoms with van der Waals surface area (Å²) in [6.45, 7) is 4.43. The third-order valence-electron chi connectivity index (χ3n) is 11.6. The monoisotopic (exact) mass is 869 g/mol. The number of nitrogens with one attached hydrogen (secondary N) is 2. The first-order valence-electron chi connectivity index (χ1n) is 19.7. The molecule has 322 valence electrons. The molecule has 0 unspecified atom stereocenters. The third kappa shape index (κ3) is 7.57. The number of fused-ring (bicyclic) bond motifs is 5. The smallest absolute Gasteiger partial charge is 0.293 e. The highest BCUT2D eigenvalue weighted by atomic mass is 32.2. The van der Waals surface area contributed by atoms with Crippen molar-refractivity contribution >= 4 is 55.5 Å². The fraction of sp³-hybridized carbons (Fsp3) is 0.415. The van der Waals surface area contributed by atoms with E-state index in [1.165, 1.54) is 4.68 Å². The predicted octanol–water partition coefficient (Wildman–Crippen LogP) is 6.66. The molecule has 1 saturated heterocycles. The summed E-state index contributed by atoms with van der Waals surface area (Å²) in [6.07, 6.45) is -2.48. The van der Waals surface area contributed by atoms with E-state index >= 15 is 8.78 Å². The number of amides is 1. The number of rotatable bonds is 11. The van der Waals surface area contributed by atoms with Gasteiger partial charge < -0.3 is 19.9 Å². The minimum absolute atomic E-state index is 0.0432. The van der Waals surface area contributed by atoms with Gasteiger partial charge in [0, 0.05) is 55.2 Å². The van der Waals surface area contributed by atoms with Crippen molar-refractivity contribution in [1.29, 1.82) is 0 Å². The number of carbonyl (C=O) groups is 1. The maximum atomic E-state index is 15.5. The molecule has 2 aromatic heterocycles. The summed E-state index contributed by atoms with van der Waals surface area (Å²) in [7, 11) is -2.13. The van der Waals surface area contributed by atoms with Gasteiger partial charge in [0.1, 0.15) is 35.4 Å². The van der Waals surface area contributed by atoms with Crippen LogP contribution in [-0.4, -0.2) is 77.3 Å². The highest BCUT2D eigenvalue weighted by Crippen LogP contribution is 2.68. The van der Waals surface area contributed by atoms with Gasteiger partial charge in [-0.15, -0.1) is 0 Å². The molecule has 2 N–H and O–H groups in total. The number of anilines is 3. The zero-order valence-corrected chi connectivity index (χ0v) is 34.2. The summed E-state index contributed by atoms with van der Waals surface area (Å²) in [5, 5.41) is 11.5. The van der Waals surface area contributed by atoms with Crippen molar-refractivity contribution in [3.63, 3.8) is 0 Å². The van der Waals surface area contributed by atoms with E-state index in [1.807, 2.05) is 32.0 Å². The Hall–Kier alpha value is -5.63. The van der Waals surface area contributed by atoms with Crippen LogP contribution in [0.3, 0.4) is 0 Å². The fourth-order valence-electron chi connectivity index (χ4n) is 9.20. The lowest BCUT2D eigenvalue weighted by molar-refractivity contribution is -0.122. The normalized spacial score (nSPS) is 22.2. The second-order valence-corrected chi connectivity index (χ2v) is 18.1. The molecule has 2 fully saturated rings. The van der Waals surface area contributed by atoms with E-state index < -0.39 is 75.7 Å². The maximum absolute atomic E-state index is 15.5. The largest absolute Gasteiger partial charge is 0.372 e. The topological polar surface area (TPSA) is 139 Å². The molecule has 20 heteroatoms. The molecule has 5 aromatic rings. The average Bonchev–Trinajstić information content (AvgIpc) is 3.72. The molecule has 2 aliphatic heterocycles. The molecule has 1 amide bonds. The lowest BCUT2D eigenvalue weighted by Gasteiger charge is -2.38. The number of ether oxygens (including phenoxy) is 1. The SMILES string of the molecule is C[C@@H]1CN(c2ccc3c(c2)N=C([C@H](Cc2cc(F)cc(F)c2)NC(=O)Cn2nc(C(F)F)c4c2C(F)(F)[C@@H]2C[C@H]42)N(c2cccc4c(NS(C)(=O)=O)nn(C)c24)C3)C[C@H](C)O1. The van der Waals surface area contributed by atoms with Crippen LogP contribution in [0, 0.1) is 17.6 Å². The Morgan fingerprint density at radius 2 is 1.74 bits per heavy atom. The Balaban J connectivity index is 1.17. The number of nitrogens with zero attached hydrogens (tertiary/aromatic N) is 7. The van der Waals surface area contributed by atoms with Crippen molar-refractivity contribution in [2.75, 3.05) is 33.9 Å². The number of aromatic nitrogens is 4. The first-order chi connectivity index (χ1) is 28.8. The van der Waals surface area contributed by atoms with Gasteiger partial charge in [-0.05, 0) is 73.7 Å². The van der Waals surface area contributed by atoms with Crippen molar-refractivity contribution in [3.8, 4) is 0 Å². The van der Waals surface area contributed by atoms with Crippen LogP contribution in [0.4, 0.5) is 49.2 Å². The summed E-state index contributed by atoms with van der Waals surface area (Å²) >= 11 is 0. The van der Waals surface area contributed by atoms with E-state index in [-0.39, 0.29) is 54.4 Å². The van der Waals surface area contributed by atoms with Gasteiger partial charge in [-0.3, -0.25) is 18.9 Å². The second-order valence-electron chi connectivity index (χ2n) is 16.3. The summed E-state index contributed by atoms with van der Waals surface area (Å²) in [5.74, 6) is -7.85. The highest BCUT2D eigenvalue weighted by molar-refractivity contribution is 7.92. The van der Waals surface area contributed by atoms with Crippen molar-refractivity contribution in [3.05, 3.63) is 94.3 Å². The van der Waals surface area contributed by atoms with Crippen LogP contribution in [0.25, 0.3) is 10.9 Å². The van der Waals surface area contributed by atoms with Crippen molar-refractivity contribution < 1.29 is 44.3 Å². The van der Waals surface area contributed by atoms with Crippen molar-refractivity contribution in [2.24, 2.45) is 18.0 Å². The molecule has 13 nitrogen and oxygen atoms in total. The van der Waals surface area contributed by atoms with Gasteiger partial charge in [0.2, 0.25) is 15.9 Å². The predicted molar refractivity (Wildman–Crippen MR) is 215 cm³/mol. The Labute approximate surface area is 346 Å². The van der Waals surface area contributed by atoms with E-state index in [1.54, 1.807) is 30.1 Å². The first-order valence-corrected chi connectivity index (χ1v) is 21.6. The average molecular weight is 870 g/mol. The number of amidine groups is 1. The van der Waals surface area contributed by atoms with E-state index in [2.05, 4.69) is 25.1 Å². The number of halogens is 6. The molecular formula is C41H41F6N9O4S. The number of aliphatic imine (C=N–C) groups is 1. The van der Waals surface area contributed by atoms with Crippen LogP contribution in [0.15, 0.2) is 59.6 Å². The number of benzene rings is 3. The minimum atomic E-state index is -3.75. The van der Waals surface area contributed by atoms with Gasteiger partial charge in [0.15, 0.2) is 5.82 Å². The summed E-state index contributed by atoms with van der Waals surface area (Å²) < 4.78 is 124. The van der Waals surface area contributed by atoms with Gasteiger partial charge >= 0.3 is 0 Å². The minimum Gasteiger partial charge on any atom is -0.372 e. The van der Waals surface area contributed by atoms with Crippen LogP contribution in [-0.2, 0) is 52.0 Å². The van der Waals surface area contributed by atoms with E-state index in [0.29, 0.717) is 46.1 Å². The highest BCUT2D eigenvalue weighted by Gasteiger charge is 2.67. The van der Waals surface area contributed by atoms with Crippen LogP contribution in [0.2, 0.25) is 0 Å². The second kappa shape index (κ2) is 14.8. The van der Waals surface area contributed by atoms with Crippen LogP contribution < -0.4 is 19.8 Å². The van der Waals surface area contributed by atoms with E-state index in [9.17, 15) is 30.8 Å². The summed E-state index contributed by atoms with van der Waals surface area (Å²) in [5.41, 5.74) is 1.44. The standard InChI is InChI=1S/C41H41F6N9O4S/c1-20-16-54(17-21(2)60-20)26-9-8-23-18-55(32-7-5-6-27-36(32)53(3)51-39(27)52-61(4,58)59)40(49-30(23)14-26)31(12-22-10-24(42)13-25(43)11-22)48-33(57)19-56-37-34(35(50-56)38(44)45)28-15-29(28)41(37,46)47/h5-11,13-14,20-21,28-29,31,38H,12,15-19H2,1-4H3,(H,48,57)(H,51,52)/t20-,21+,28-,29+,31-/m0/s1. The third-order valence-corrected chi connectivity index (χ3v) is 12.1. The lowest BCUT2D eigenvalue weighted by Crippen LogP contribution is -2.51. The maximum Gasteiger partial charge on any atom is 0.293 e. The number of hydrogen-bond acceptors (Lipinski definition) is 9. The van der Waals surface area contributed by atoms with Gasteiger partial charge in [-0.25, -0.2) is 31.0 Å². The van der Waals surface area contributed by atoms with Crippen molar-refractivity contribution in [2.45, 2.75) is 76.3 Å². The number of carbonyl (C=O) groups excluding carboxylic acids is 1. The van der Waals surface area contributed by atoms with Gasteiger partial charge in [0.05, 0.1) is 47.9 Å². The molecule has 0 bridgehead atoms. The number of sulfonamides is 1. The molecule has 1 saturated carbocycles. The quantitative estimate of drug-likeness (QED) is 0.141. The summed E-state index contributed by atoms with van der Waals surface area (Å²) in [4.78, 5) is 23.2. The molecule has 2 aliphatic carbocycles. The fourth-order valence-corrected chi connectivity index (χ4v) is 9.70. The molecule has 4 aliphatic rings. The Bertz CT molecular complexity index is 2710. The van der Waals surface area contributed by atoms with Crippen LogP contribution in [0.1, 0.15) is 60.7 Å². The molecule has 3 aromatic carbocycles. The van der Waals surface area contributed by atoms with Gasteiger partial charge in [-0.1, -0.05) is 12.1 Å². The number of aryl methyl sites for hydroxylation is 1. The van der Waals surface area contributed by atoms with E-state index in [4.69, 9.17) is 9.73 Å². The number of hydrogen-bond donors (Lipinski definition) is 2. The van der Waals surface area contributed by atoms with Crippen molar-refractivity contribution in [1.82, 2.24) is 24.9 Å². The summed E-state index contributed by atoms with van der Waals surface area (Å²) in [6, 6.07) is 12.5. The van der Waals surface area contributed by atoms with Gasteiger partial charge in [0.25, 0.3) is 12.3 Å². The lowest BCUT2D eigenvalue weighted by atomic mass is 10.00. The van der Waals surface area contributed by atoms with Crippen LogP contribution >= 0.6 is 0 Å². The zero-order valence-electron chi connectivity index (χ0n) is 33.3. The number of alkyl halides is 4. The molecule has 5 atom stereocenters. The Morgan fingerprint density at radius 1 is 1.02 bits per heavy atom. The molecule has 0 radical (unpaired) electrons. The number of morpholine rings is 1. The Kier molecular flexibility index (Phi) is 9.87. The van der Waals surface area contributed by atoms with Crippen LogP contribution in [0.5, 0.6) is 0 Å².